The number of ether oxygens (including phenoxy) is 1. The summed E-state index contributed by atoms with van der Waals surface area (Å²) in [6.45, 7) is 1.17. The van der Waals surface area contributed by atoms with Gasteiger partial charge in [0.15, 0.2) is 0 Å². The zero-order valence-corrected chi connectivity index (χ0v) is 11.9. The van der Waals surface area contributed by atoms with Gasteiger partial charge in [0, 0.05) is 32.4 Å². The molecule has 1 aromatic heterocycles. The molecule has 21 heavy (non-hydrogen) atoms. The minimum atomic E-state index is -0.153. The van der Waals surface area contributed by atoms with Gasteiger partial charge in [-0.25, -0.2) is 0 Å². The molecule has 2 rings (SSSR count). The summed E-state index contributed by atoms with van der Waals surface area (Å²) in [6.07, 6.45) is 4.13. The molecule has 2 amide bonds. The Kier molecular flexibility index (Phi) is 5.10. The lowest BCUT2D eigenvalue weighted by Gasteiger charge is -2.32. The number of carbonyl (C=O) groups is 2. The van der Waals surface area contributed by atoms with Crippen LogP contribution in [0, 0.1) is 0 Å². The van der Waals surface area contributed by atoms with Crippen LogP contribution in [-0.4, -0.2) is 59.7 Å². The van der Waals surface area contributed by atoms with Crippen LogP contribution in [0.1, 0.15) is 23.2 Å². The molecule has 0 aromatic carbocycles. The first kappa shape index (κ1) is 15.2. The predicted octanol–water partition coefficient (Wildman–Crippen LogP) is 0.154. The normalized spacial score (nSPS) is 15.8. The Bertz CT molecular complexity index is 513. The average molecular weight is 293 g/mol. The van der Waals surface area contributed by atoms with Crippen molar-refractivity contribution in [1.29, 1.82) is 0 Å². The number of nitrogens with one attached hydrogen (secondary N) is 1. The van der Waals surface area contributed by atoms with E-state index < -0.39 is 0 Å². The van der Waals surface area contributed by atoms with Crippen LogP contribution in [0.4, 0.5) is 0 Å². The molecule has 7 nitrogen and oxygen atoms in total. The van der Waals surface area contributed by atoms with E-state index in [1.54, 1.807) is 4.90 Å². The Morgan fingerprint density at radius 2 is 2.14 bits per heavy atom. The zero-order valence-electron chi connectivity index (χ0n) is 11.9. The van der Waals surface area contributed by atoms with E-state index in [4.69, 9.17) is 4.74 Å². The van der Waals surface area contributed by atoms with E-state index in [0.717, 1.165) is 0 Å². The van der Waals surface area contributed by atoms with Crippen LogP contribution in [0.3, 0.4) is 0 Å². The van der Waals surface area contributed by atoms with Crippen LogP contribution in [0.5, 0.6) is 5.75 Å². The minimum Gasteiger partial charge on any atom is -0.506 e. The maximum atomic E-state index is 12.3. The van der Waals surface area contributed by atoms with Gasteiger partial charge in [-0.1, -0.05) is 0 Å². The number of piperidine rings is 1. The molecule has 1 aromatic rings. The van der Waals surface area contributed by atoms with Crippen LogP contribution in [-0.2, 0) is 9.53 Å². The standard InChI is InChI=1S/C14H19N3O4/c1-21-9-13(19)16-11-2-4-17(5-3-11)14(20)10-6-12(18)8-15-7-10/h6-8,11,18H,2-5,9H2,1H3,(H,16,19). The summed E-state index contributed by atoms with van der Waals surface area (Å²) in [4.78, 5) is 29.2. The third-order valence-electron chi connectivity index (χ3n) is 3.39. The number of aromatic hydroxyl groups is 1. The largest absolute Gasteiger partial charge is 0.506 e. The zero-order chi connectivity index (χ0) is 15.2. The van der Waals surface area contributed by atoms with E-state index in [9.17, 15) is 14.7 Å². The summed E-state index contributed by atoms with van der Waals surface area (Å²) in [6, 6.07) is 1.47. The average Bonchev–Trinajstić information content (AvgIpc) is 2.47. The highest BCUT2D eigenvalue weighted by Crippen LogP contribution is 2.16. The molecule has 0 radical (unpaired) electrons. The van der Waals surface area contributed by atoms with E-state index in [1.807, 2.05) is 0 Å². The second-order valence-electron chi connectivity index (χ2n) is 5.00. The van der Waals surface area contributed by atoms with Crippen LogP contribution < -0.4 is 5.32 Å². The SMILES string of the molecule is COCC(=O)NC1CCN(C(=O)c2cncc(O)c2)CC1. The number of rotatable bonds is 4. The third-order valence-corrected chi connectivity index (χ3v) is 3.39. The van der Waals surface area contributed by atoms with E-state index in [-0.39, 0.29) is 30.2 Å². The first-order valence-corrected chi connectivity index (χ1v) is 6.81. The second-order valence-corrected chi connectivity index (χ2v) is 5.00. The van der Waals surface area contributed by atoms with Gasteiger partial charge in [-0.05, 0) is 18.9 Å². The molecule has 0 saturated carbocycles. The lowest BCUT2D eigenvalue weighted by molar-refractivity contribution is -0.125. The van der Waals surface area contributed by atoms with Gasteiger partial charge in [-0.15, -0.1) is 0 Å². The lowest BCUT2D eigenvalue weighted by Crippen LogP contribution is -2.47. The number of amides is 2. The Morgan fingerprint density at radius 3 is 2.76 bits per heavy atom. The molecule has 1 fully saturated rings. The Labute approximate surface area is 122 Å². The van der Waals surface area contributed by atoms with Gasteiger partial charge >= 0.3 is 0 Å². The summed E-state index contributed by atoms with van der Waals surface area (Å²) in [5, 5.41) is 12.2. The van der Waals surface area contributed by atoms with E-state index in [1.165, 1.54) is 25.6 Å². The molecular weight excluding hydrogens is 274 g/mol. The molecule has 114 valence electrons. The third kappa shape index (κ3) is 4.16. The summed E-state index contributed by atoms with van der Waals surface area (Å²) < 4.78 is 4.77. The summed E-state index contributed by atoms with van der Waals surface area (Å²) >= 11 is 0. The number of hydrogen-bond donors (Lipinski definition) is 2. The van der Waals surface area contributed by atoms with Crippen molar-refractivity contribution in [1.82, 2.24) is 15.2 Å². The fourth-order valence-electron chi connectivity index (χ4n) is 2.35. The Morgan fingerprint density at radius 1 is 1.43 bits per heavy atom. The van der Waals surface area contributed by atoms with Gasteiger partial charge in [-0.2, -0.15) is 0 Å². The summed E-state index contributed by atoms with van der Waals surface area (Å²) in [5.74, 6) is -0.318. The molecule has 0 spiro atoms. The van der Waals surface area contributed by atoms with Gasteiger partial charge in [-0.3, -0.25) is 14.6 Å². The second kappa shape index (κ2) is 7.03. The highest BCUT2D eigenvalue weighted by atomic mass is 16.5. The summed E-state index contributed by atoms with van der Waals surface area (Å²) in [7, 11) is 1.48. The summed E-state index contributed by atoms with van der Waals surface area (Å²) in [5.41, 5.74) is 0.372. The number of likely N-dealkylation sites (tertiary alicyclic amines) is 1. The molecule has 2 N–H and O–H groups in total. The van der Waals surface area contributed by atoms with Crippen molar-refractivity contribution in [2.45, 2.75) is 18.9 Å². The lowest BCUT2D eigenvalue weighted by atomic mass is 10.0. The molecular formula is C14H19N3O4. The number of pyridine rings is 1. The fourth-order valence-corrected chi connectivity index (χ4v) is 2.35. The van der Waals surface area contributed by atoms with Crippen LogP contribution in [0.2, 0.25) is 0 Å². The smallest absolute Gasteiger partial charge is 0.255 e. The molecule has 1 saturated heterocycles. The molecule has 0 aliphatic carbocycles. The van der Waals surface area contributed by atoms with Crippen molar-refractivity contribution in [3.63, 3.8) is 0 Å². The van der Waals surface area contributed by atoms with Crippen molar-refractivity contribution in [2.75, 3.05) is 26.8 Å². The van der Waals surface area contributed by atoms with Gasteiger partial charge in [0.1, 0.15) is 12.4 Å². The van der Waals surface area contributed by atoms with Crippen molar-refractivity contribution < 1.29 is 19.4 Å². The molecule has 0 bridgehead atoms. The van der Waals surface area contributed by atoms with Crippen LogP contribution in [0.15, 0.2) is 18.5 Å². The highest BCUT2D eigenvalue weighted by molar-refractivity contribution is 5.94. The van der Waals surface area contributed by atoms with E-state index >= 15 is 0 Å². The molecule has 1 aliphatic rings. The van der Waals surface area contributed by atoms with Crippen LogP contribution >= 0.6 is 0 Å². The number of aromatic nitrogens is 1. The Hall–Kier alpha value is -2.15. The number of nitrogens with zero attached hydrogens (tertiary/aromatic N) is 2. The highest BCUT2D eigenvalue weighted by Gasteiger charge is 2.24. The molecule has 0 atom stereocenters. The quantitative estimate of drug-likeness (QED) is 0.825. The minimum absolute atomic E-state index is 0.0254. The van der Waals surface area contributed by atoms with Gasteiger partial charge in [0.25, 0.3) is 5.91 Å². The van der Waals surface area contributed by atoms with E-state index in [2.05, 4.69) is 10.3 Å². The van der Waals surface area contributed by atoms with E-state index in [0.29, 0.717) is 31.5 Å². The first-order valence-electron chi connectivity index (χ1n) is 6.81. The Balaban J connectivity index is 1.86. The maximum Gasteiger partial charge on any atom is 0.255 e. The molecule has 7 heteroatoms. The van der Waals surface area contributed by atoms with Crippen molar-refractivity contribution >= 4 is 11.8 Å². The molecule has 0 unspecified atom stereocenters. The van der Waals surface area contributed by atoms with Gasteiger partial charge in [0.05, 0.1) is 11.8 Å². The molecule has 2 heterocycles. The number of carbonyl (C=O) groups excluding carboxylic acids is 2. The number of hydrogen-bond acceptors (Lipinski definition) is 5. The van der Waals surface area contributed by atoms with Crippen molar-refractivity contribution in [3.8, 4) is 5.75 Å². The number of methoxy groups -OCH3 is 1. The van der Waals surface area contributed by atoms with Crippen LogP contribution in [0.25, 0.3) is 0 Å². The first-order chi connectivity index (χ1) is 10.1. The maximum absolute atomic E-state index is 12.3. The van der Waals surface area contributed by atoms with Crippen molar-refractivity contribution in [2.24, 2.45) is 0 Å². The van der Waals surface area contributed by atoms with Crippen molar-refractivity contribution in [3.05, 3.63) is 24.0 Å². The van der Waals surface area contributed by atoms with Gasteiger partial charge < -0.3 is 20.1 Å². The van der Waals surface area contributed by atoms with Gasteiger partial charge in [0.2, 0.25) is 5.91 Å². The molecule has 1 aliphatic heterocycles. The fraction of sp³-hybridized carbons (Fsp3) is 0.500. The monoisotopic (exact) mass is 293 g/mol. The topological polar surface area (TPSA) is 91.8 Å². The predicted molar refractivity (Wildman–Crippen MR) is 74.8 cm³/mol.